The van der Waals surface area contributed by atoms with Crippen LogP contribution in [0.3, 0.4) is 0 Å². The molecule has 6 heterocycles. The molecule has 2 aliphatic carbocycles. The molecule has 27 heteroatoms. The van der Waals surface area contributed by atoms with Crippen molar-refractivity contribution in [3.05, 3.63) is 132 Å². The molecule has 0 bridgehead atoms. The molecule has 4 aromatic heterocycles. The van der Waals surface area contributed by atoms with Crippen molar-refractivity contribution in [3.63, 3.8) is 0 Å². The molecule has 4 fully saturated rings. The van der Waals surface area contributed by atoms with E-state index < -0.39 is 48.6 Å². The maximum absolute atomic E-state index is 14.1. The fourth-order valence-corrected chi connectivity index (χ4v) is 13.4. The van der Waals surface area contributed by atoms with E-state index in [1.165, 1.54) is 0 Å². The Morgan fingerprint density at radius 2 is 0.830 bits per heavy atom. The van der Waals surface area contributed by atoms with E-state index in [9.17, 15) is 34.8 Å². The Morgan fingerprint density at radius 1 is 0.489 bits per heavy atom. The molecule has 94 heavy (non-hydrogen) atoms. The third-order valence-corrected chi connectivity index (χ3v) is 18.8. The van der Waals surface area contributed by atoms with Gasteiger partial charge in [-0.05, 0) is 96.5 Å². The summed E-state index contributed by atoms with van der Waals surface area (Å²) in [6, 6.07) is 27.9. The van der Waals surface area contributed by atoms with Crippen molar-refractivity contribution in [2.45, 2.75) is 125 Å². The maximum Gasteiger partial charge on any atom is 0.315 e. The summed E-state index contributed by atoms with van der Waals surface area (Å²) >= 11 is 0. The van der Waals surface area contributed by atoms with Crippen LogP contribution in [0.4, 0.5) is 28.3 Å². The molecular formula is C67H82N16O11. The molecule has 2 aliphatic heterocycles. The van der Waals surface area contributed by atoms with Crippen LogP contribution in [0.1, 0.15) is 98.5 Å². The summed E-state index contributed by atoms with van der Waals surface area (Å²) in [6.07, 6.45) is 0.286. The largest absolute Gasteiger partial charge is 0.497 e. The van der Waals surface area contributed by atoms with E-state index in [0.29, 0.717) is 98.0 Å². The third kappa shape index (κ3) is 13.6. The van der Waals surface area contributed by atoms with Gasteiger partial charge in [0.2, 0.25) is 23.7 Å². The number of aromatic nitrogens is 8. The van der Waals surface area contributed by atoms with Crippen LogP contribution in [0, 0.1) is 0 Å². The monoisotopic (exact) mass is 1290 g/mol. The van der Waals surface area contributed by atoms with Gasteiger partial charge in [0, 0.05) is 76.0 Å². The number of anilines is 4. The van der Waals surface area contributed by atoms with Gasteiger partial charge in [0.05, 0.1) is 65.3 Å². The fourth-order valence-electron chi connectivity index (χ4n) is 13.4. The van der Waals surface area contributed by atoms with Gasteiger partial charge in [-0.25, -0.2) is 14.8 Å². The summed E-state index contributed by atoms with van der Waals surface area (Å²) in [7, 11) is 6.52. The van der Waals surface area contributed by atoms with Gasteiger partial charge >= 0.3 is 6.03 Å². The highest BCUT2D eigenvalue weighted by molar-refractivity contribution is 5.86. The minimum Gasteiger partial charge on any atom is -0.497 e. The van der Waals surface area contributed by atoms with E-state index in [-0.39, 0.29) is 67.4 Å². The second-order valence-electron chi connectivity index (χ2n) is 24.5. The number of fused-ring (bicyclic) bond motifs is 2. The van der Waals surface area contributed by atoms with E-state index in [0.717, 1.165) is 45.3 Å². The minimum absolute atomic E-state index is 0.173. The molecular weight excluding hydrogens is 1200 g/mol. The number of nitrogens with one attached hydrogen (secondary N) is 6. The summed E-state index contributed by atoms with van der Waals surface area (Å²) in [5.41, 5.74) is 5.79. The zero-order valence-electron chi connectivity index (χ0n) is 53.4. The number of benzene rings is 4. The highest BCUT2D eigenvalue weighted by atomic mass is 16.5. The number of aliphatic hydroxyl groups excluding tert-OH is 4. The Balaban J connectivity index is 0.777. The van der Waals surface area contributed by atoms with Crippen molar-refractivity contribution in [1.82, 2.24) is 60.3 Å². The van der Waals surface area contributed by atoms with Crippen molar-refractivity contribution in [1.29, 1.82) is 0 Å². The topological polar surface area (TPSA) is 335 Å². The minimum atomic E-state index is -1.24. The molecule has 4 aliphatic rings. The van der Waals surface area contributed by atoms with Crippen LogP contribution in [0.25, 0.3) is 22.3 Å². The molecule has 0 spiro atoms. The standard InChI is InChI=1S/C67H82N16O11/c1-7-53(84)74-49-29-51(59(88)57(49)86)82-35-70-55-61(68-31-47(37-9-17-43(91-3)18-10-37)38-11-19-44(92-4)20-12-38)76-65(78-63(55)82)80-27-25-41(33-80)72-67(90)73-42-26-28-81(34-42)66-77-62(56-64(79-66)83(36-71-56)52-30-50(58(87)60(52)89)75-54(85)8-2)69-32-48(39-13-21-45(93-5)22-14-39)40-15-23-46(94-6)24-16-40/h9-24,35-36,41-42,47-52,57-60,86-89H,7-8,25-34H2,1-6H3,(H,74,84)(H,75,85)(H,68,76,78)(H,69,77,79)(H2,72,73,90)/t41-,42+,49-,50-,51+,52+,57+,58+,59-,60-/m0/s1. The van der Waals surface area contributed by atoms with Gasteiger partial charge in [0.25, 0.3) is 0 Å². The average molecular weight is 1290 g/mol. The SMILES string of the molecule is CCC(=O)N[C@H]1C[C@@H](n2cnc3c(NCC(c4ccc(OC)cc4)c4ccc(OC)cc4)nc(N4CC[C@@H](NC(=O)N[C@H]5CCN(c6nc(NCC(c7ccc(OC)cc7)c7ccc(OC)cc7)c7ncn([C@@H]8C[C@H](NC(=O)CC)[C@@H](O)[C@H]8O)c7n6)C5)C4)nc32)[C@H](O)[C@@H]1O. The smallest absolute Gasteiger partial charge is 0.315 e. The van der Waals surface area contributed by atoms with Crippen molar-refractivity contribution >= 4 is 63.7 Å². The molecule has 12 rings (SSSR count). The molecule has 2 saturated carbocycles. The quantitative estimate of drug-likeness (QED) is 0.0389. The molecule has 8 aromatic rings. The average Bonchev–Trinajstić information content (AvgIpc) is 1.60. The number of amides is 4. The van der Waals surface area contributed by atoms with Gasteiger partial charge in [-0.15, -0.1) is 0 Å². The Labute approximate surface area is 543 Å². The predicted octanol–water partition coefficient (Wildman–Crippen LogP) is 4.77. The number of hydrogen-bond donors (Lipinski definition) is 10. The van der Waals surface area contributed by atoms with Crippen LogP contribution in [-0.4, -0.2) is 194 Å². The van der Waals surface area contributed by atoms with Crippen LogP contribution in [0.15, 0.2) is 110 Å². The van der Waals surface area contributed by atoms with Gasteiger partial charge in [0.15, 0.2) is 34.0 Å². The second-order valence-corrected chi connectivity index (χ2v) is 24.5. The molecule has 496 valence electrons. The van der Waals surface area contributed by atoms with Gasteiger partial charge in [-0.3, -0.25) is 9.59 Å². The first kappa shape index (κ1) is 64.5. The summed E-state index contributed by atoms with van der Waals surface area (Å²) in [5.74, 6) is 3.69. The molecule has 0 unspecified atom stereocenters. The van der Waals surface area contributed by atoms with Crippen LogP contribution < -0.4 is 60.6 Å². The zero-order chi connectivity index (χ0) is 65.7. The highest BCUT2D eigenvalue weighted by Gasteiger charge is 2.46. The summed E-state index contributed by atoms with van der Waals surface area (Å²) in [6.45, 7) is 5.95. The number of hydrogen-bond acceptors (Lipinski definition) is 21. The number of imidazole rings is 2. The van der Waals surface area contributed by atoms with Crippen molar-refractivity contribution in [3.8, 4) is 23.0 Å². The summed E-state index contributed by atoms with van der Waals surface area (Å²) in [4.78, 5) is 73.2. The molecule has 2 saturated heterocycles. The summed E-state index contributed by atoms with van der Waals surface area (Å²) in [5, 5.41) is 64.8. The maximum atomic E-state index is 14.1. The lowest BCUT2D eigenvalue weighted by Crippen LogP contribution is -2.48. The second kappa shape index (κ2) is 28.3. The Morgan fingerprint density at radius 3 is 1.15 bits per heavy atom. The lowest BCUT2D eigenvalue weighted by atomic mass is 9.91. The Kier molecular flexibility index (Phi) is 19.5. The summed E-state index contributed by atoms with van der Waals surface area (Å²) < 4.78 is 25.5. The van der Waals surface area contributed by atoms with Crippen molar-refractivity contribution in [2.24, 2.45) is 0 Å². The first-order chi connectivity index (χ1) is 45.6. The van der Waals surface area contributed by atoms with Gasteiger partial charge < -0.3 is 90.2 Å². The van der Waals surface area contributed by atoms with Gasteiger partial charge in [-0.1, -0.05) is 62.4 Å². The van der Waals surface area contributed by atoms with Crippen LogP contribution >= 0.6 is 0 Å². The number of aliphatic hydroxyl groups is 4. The normalized spacial score (nSPS) is 22.7. The first-order valence-electron chi connectivity index (χ1n) is 32.0. The van der Waals surface area contributed by atoms with E-state index >= 15 is 0 Å². The van der Waals surface area contributed by atoms with Crippen LogP contribution in [-0.2, 0) is 9.59 Å². The molecule has 4 aromatic carbocycles. The van der Waals surface area contributed by atoms with Gasteiger partial charge in [-0.2, -0.15) is 19.9 Å². The molecule has 27 nitrogen and oxygen atoms in total. The number of rotatable bonds is 24. The lowest BCUT2D eigenvalue weighted by Gasteiger charge is -2.23. The van der Waals surface area contributed by atoms with Crippen molar-refractivity contribution in [2.75, 3.05) is 88.1 Å². The van der Waals surface area contributed by atoms with E-state index in [2.05, 4.69) is 31.9 Å². The highest BCUT2D eigenvalue weighted by Crippen LogP contribution is 2.39. The number of urea groups is 1. The number of nitrogens with zero attached hydrogens (tertiary/aromatic N) is 10. The molecule has 10 N–H and O–H groups in total. The first-order valence-corrected chi connectivity index (χ1v) is 32.0. The van der Waals surface area contributed by atoms with E-state index in [1.54, 1.807) is 64.1 Å². The van der Waals surface area contributed by atoms with Crippen LogP contribution in [0.2, 0.25) is 0 Å². The number of ether oxygens (including phenoxy) is 4. The predicted molar refractivity (Wildman–Crippen MR) is 352 cm³/mol. The molecule has 4 amide bonds. The fraction of sp³-hybridized carbons (Fsp3) is 0.448. The zero-order valence-corrected chi connectivity index (χ0v) is 53.4. The Hall–Kier alpha value is -9.57. The number of carbonyl (C=O) groups is 3. The molecule has 10 atom stereocenters. The van der Waals surface area contributed by atoms with E-state index in [4.69, 9.17) is 48.9 Å². The lowest BCUT2D eigenvalue weighted by molar-refractivity contribution is -0.123. The number of methoxy groups -OCH3 is 4. The Bertz CT molecular complexity index is 3590. The van der Waals surface area contributed by atoms with Crippen LogP contribution in [0.5, 0.6) is 23.0 Å². The van der Waals surface area contributed by atoms with Gasteiger partial charge in [0.1, 0.15) is 47.4 Å². The molecule has 0 radical (unpaired) electrons. The van der Waals surface area contributed by atoms with Crippen molar-refractivity contribution < 1.29 is 53.8 Å². The third-order valence-electron chi connectivity index (χ3n) is 18.8. The number of carbonyl (C=O) groups excluding carboxylic acids is 3. The van der Waals surface area contributed by atoms with E-state index in [1.807, 2.05) is 107 Å².